The van der Waals surface area contributed by atoms with Crippen LogP contribution in [0.3, 0.4) is 0 Å². The van der Waals surface area contributed by atoms with Crippen molar-refractivity contribution in [2.24, 2.45) is 5.10 Å². The van der Waals surface area contributed by atoms with Crippen LogP contribution in [0.4, 0.5) is 11.4 Å². The van der Waals surface area contributed by atoms with Gasteiger partial charge in [0.05, 0.1) is 22.3 Å². The van der Waals surface area contributed by atoms with Crippen LogP contribution in [0.2, 0.25) is 0 Å². The van der Waals surface area contributed by atoms with Crippen LogP contribution in [0.15, 0.2) is 53.6 Å². The SMILES string of the molecule is N#Cc1cc(N/N=C/c2c(O)ccc3ccccc23)c([N+](=O)[O-])cc1C#N. The number of hydrazone groups is 1. The van der Waals surface area contributed by atoms with E-state index in [2.05, 4.69) is 10.5 Å². The van der Waals surface area contributed by atoms with E-state index in [-0.39, 0.29) is 28.3 Å². The van der Waals surface area contributed by atoms with Crippen LogP contribution >= 0.6 is 0 Å². The first kappa shape index (κ1) is 17.4. The summed E-state index contributed by atoms with van der Waals surface area (Å²) >= 11 is 0. The number of nitriles is 2. The lowest BCUT2D eigenvalue weighted by Crippen LogP contribution is -2.00. The van der Waals surface area contributed by atoms with E-state index in [1.54, 1.807) is 12.1 Å². The molecule has 0 bridgehead atoms. The summed E-state index contributed by atoms with van der Waals surface area (Å²) in [7, 11) is 0. The highest BCUT2D eigenvalue weighted by Gasteiger charge is 2.18. The molecule has 0 heterocycles. The zero-order valence-electron chi connectivity index (χ0n) is 13.7. The minimum Gasteiger partial charge on any atom is -0.507 e. The van der Waals surface area contributed by atoms with Gasteiger partial charge in [-0.05, 0) is 22.9 Å². The molecule has 0 aromatic heterocycles. The Balaban J connectivity index is 2.01. The summed E-state index contributed by atoms with van der Waals surface area (Å²) in [6.07, 6.45) is 1.34. The summed E-state index contributed by atoms with van der Waals surface area (Å²) in [5.41, 5.74) is 2.44. The Morgan fingerprint density at radius 2 is 1.81 bits per heavy atom. The molecule has 0 atom stereocenters. The van der Waals surface area contributed by atoms with E-state index in [0.717, 1.165) is 16.8 Å². The van der Waals surface area contributed by atoms with Gasteiger partial charge in [-0.3, -0.25) is 15.5 Å². The molecule has 0 spiro atoms. The summed E-state index contributed by atoms with van der Waals surface area (Å²) in [5.74, 6) is 0.00583. The van der Waals surface area contributed by atoms with Gasteiger partial charge >= 0.3 is 0 Å². The molecular formula is C19H11N5O3. The van der Waals surface area contributed by atoms with E-state index >= 15 is 0 Å². The largest absolute Gasteiger partial charge is 0.507 e. The van der Waals surface area contributed by atoms with Crippen molar-refractivity contribution in [3.8, 4) is 17.9 Å². The van der Waals surface area contributed by atoms with E-state index in [4.69, 9.17) is 10.5 Å². The Hall–Kier alpha value is -4.43. The molecule has 0 aliphatic carbocycles. The van der Waals surface area contributed by atoms with Crippen molar-refractivity contribution in [2.75, 3.05) is 5.43 Å². The van der Waals surface area contributed by atoms with E-state index in [1.807, 2.05) is 30.3 Å². The number of rotatable bonds is 4. The molecule has 0 radical (unpaired) electrons. The number of nitrogens with one attached hydrogen (secondary N) is 1. The van der Waals surface area contributed by atoms with Gasteiger partial charge in [0, 0.05) is 11.6 Å². The monoisotopic (exact) mass is 357 g/mol. The lowest BCUT2D eigenvalue weighted by Gasteiger charge is -2.06. The number of nitro groups is 1. The van der Waals surface area contributed by atoms with Gasteiger partial charge in [-0.15, -0.1) is 0 Å². The first-order chi connectivity index (χ1) is 13.0. The van der Waals surface area contributed by atoms with Crippen LogP contribution in [0.25, 0.3) is 10.8 Å². The number of hydrogen-bond acceptors (Lipinski definition) is 7. The molecule has 0 aliphatic heterocycles. The maximum Gasteiger partial charge on any atom is 0.295 e. The molecule has 0 aliphatic rings. The fourth-order valence-electron chi connectivity index (χ4n) is 2.60. The molecule has 130 valence electrons. The van der Waals surface area contributed by atoms with Crippen molar-refractivity contribution >= 4 is 28.4 Å². The predicted molar refractivity (Wildman–Crippen MR) is 99.4 cm³/mol. The Kier molecular flexibility index (Phi) is 4.65. The minimum absolute atomic E-state index is 0.00573. The van der Waals surface area contributed by atoms with Gasteiger partial charge in [0.2, 0.25) is 0 Å². The molecule has 3 aromatic rings. The molecule has 0 unspecified atom stereocenters. The number of phenolic OH excluding ortho intramolecular Hbond substituents is 1. The number of aromatic hydroxyl groups is 1. The highest BCUT2D eigenvalue weighted by molar-refractivity contribution is 6.02. The molecule has 0 fully saturated rings. The van der Waals surface area contributed by atoms with Crippen molar-refractivity contribution < 1.29 is 10.0 Å². The zero-order chi connectivity index (χ0) is 19.4. The molecule has 8 nitrogen and oxygen atoms in total. The standard InChI is InChI=1S/C19H11N5O3/c20-9-13-7-17(18(24(26)27)8-14(13)10-21)23-22-11-16-15-4-2-1-3-12(15)5-6-19(16)25/h1-8,11,23,25H/b22-11+. The molecule has 0 amide bonds. The van der Waals surface area contributed by atoms with Gasteiger partial charge in [-0.1, -0.05) is 30.3 Å². The number of fused-ring (bicyclic) bond motifs is 1. The molecular weight excluding hydrogens is 346 g/mol. The highest BCUT2D eigenvalue weighted by atomic mass is 16.6. The molecule has 8 heteroatoms. The minimum atomic E-state index is -0.671. The van der Waals surface area contributed by atoms with E-state index in [1.165, 1.54) is 18.3 Å². The average Bonchev–Trinajstić information content (AvgIpc) is 2.68. The second kappa shape index (κ2) is 7.21. The second-order valence-corrected chi connectivity index (χ2v) is 5.49. The Labute approximate surface area is 153 Å². The number of phenols is 1. The fourth-order valence-corrected chi connectivity index (χ4v) is 2.60. The predicted octanol–water partition coefficient (Wildman–Crippen LogP) is 3.64. The van der Waals surface area contributed by atoms with Gasteiger partial charge < -0.3 is 5.11 Å². The van der Waals surface area contributed by atoms with Crippen molar-refractivity contribution in [3.05, 3.63) is 75.3 Å². The van der Waals surface area contributed by atoms with E-state index < -0.39 is 4.92 Å². The van der Waals surface area contributed by atoms with Crippen molar-refractivity contribution in [2.45, 2.75) is 0 Å². The Bertz CT molecular complexity index is 1170. The third-order valence-corrected chi connectivity index (χ3v) is 3.90. The average molecular weight is 357 g/mol. The smallest absolute Gasteiger partial charge is 0.295 e. The van der Waals surface area contributed by atoms with Gasteiger partial charge in [0.15, 0.2) is 0 Å². The lowest BCUT2D eigenvalue weighted by atomic mass is 10.0. The van der Waals surface area contributed by atoms with Gasteiger partial charge in [-0.25, -0.2) is 0 Å². The van der Waals surface area contributed by atoms with Crippen LogP contribution < -0.4 is 5.43 Å². The third kappa shape index (κ3) is 3.36. The Morgan fingerprint density at radius 3 is 2.52 bits per heavy atom. The van der Waals surface area contributed by atoms with Crippen LogP contribution in [0, 0.1) is 32.8 Å². The quantitative estimate of drug-likeness (QED) is 0.415. The number of nitrogens with zero attached hydrogens (tertiary/aromatic N) is 4. The summed E-state index contributed by atoms with van der Waals surface area (Å²) in [4.78, 5) is 10.6. The topological polar surface area (TPSA) is 135 Å². The van der Waals surface area contributed by atoms with Crippen LogP contribution in [-0.4, -0.2) is 16.2 Å². The summed E-state index contributed by atoms with van der Waals surface area (Å²) in [6.45, 7) is 0. The van der Waals surface area contributed by atoms with Crippen molar-refractivity contribution in [1.29, 1.82) is 10.5 Å². The van der Waals surface area contributed by atoms with Gasteiger partial charge in [-0.2, -0.15) is 15.6 Å². The molecule has 0 saturated carbocycles. The first-order valence-corrected chi connectivity index (χ1v) is 7.67. The van der Waals surface area contributed by atoms with Crippen molar-refractivity contribution in [3.63, 3.8) is 0 Å². The van der Waals surface area contributed by atoms with Gasteiger partial charge in [0.1, 0.15) is 23.6 Å². The maximum atomic E-state index is 11.2. The van der Waals surface area contributed by atoms with Crippen LogP contribution in [-0.2, 0) is 0 Å². The fraction of sp³-hybridized carbons (Fsp3) is 0. The normalized spacial score (nSPS) is 10.4. The first-order valence-electron chi connectivity index (χ1n) is 7.67. The summed E-state index contributed by atoms with van der Waals surface area (Å²) < 4.78 is 0. The second-order valence-electron chi connectivity index (χ2n) is 5.49. The van der Waals surface area contributed by atoms with E-state index in [0.29, 0.717) is 5.56 Å². The Morgan fingerprint density at radius 1 is 1.11 bits per heavy atom. The number of benzene rings is 3. The number of nitro benzene ring substituents is 1. The van der Waals surface area contributed by atoms with Gasteiger partial charge in [0.25, 0.3) is 5.69 Å². The number of anilines is 1. The zero-order valence-corrected chi connectivity index (χ0v) is 13.7. The highest BCUT2D eigenvalue weighted by Crippen LogP contribution is 2.29. The van der Waals surface area contributed by atoms with Crippen LogP contribution in [0.5, 0.6) is 5.75 Å². The maximum absolute atomic E-state index is 11.2. The molecule has 3 rings (SSSR count). The van der Waals surface area contributed by atoms with Crippen LogP contribution in [0.1, 0.15) is 16.7 Å². The summed E-state index contributed by atoms with van der Waals surface area (Å²) in [6, 6.07) is 16.4. The third-order valence-electron chi connectivity index (χ3n) is 3.90. The van der Waals surface area contributed by atoms with E-state index in [9.17, 15) is 15.2 Å². The lowest BCUT2D eigenvalue weighted by molar-refractivity contribution is -0.384. The summed E-state index contributed by atoms with van der Waals surface area (Å²) in [5, 5.41) is 45.0. The molecule has 0 saturated heterocycles. The number of hydrogen-bond donors (Lipinski definition) is 2. The molecule has 27 heavy (non-hydrogen) atoms. The molecule has 3 aromatic carbocycles. The molecule has 2 N–H and O–H groups in total. The van der Waals surface area contributed by atoms with Crippen molar-refractivity contribution in [1.82, 2.24) is 0 Å².